The topological polar surface area (TPSA) is 68.1 Å². The highest BCUT2D eigenvalue weighted by molar-refractivity contribution is 7.99. The maximum Gasteiger partial charge on any atom is 0.301 e. The largest absolute Gasteiger partial charge is 0.373 e. The molecule has 1 aromatic carbocycles. The third-order valence-corrected chi connectivity index (χ3v) is 3.76. The van der Waals surface area contributed by atoms with Crippen LogP contribution >= 0.6 is 11.8 Å². The van der Waals surface area contributed by atoms with Crippen LogP contribution in [0.2, 0.25) is 0 Å². The van der Waals surface area contributed by atoms with Crippen LogP contribution in [0.4, 0.5) is 11.5 Å². The first kappa shape index (κ1) is 13.4. The van der Waals surface area contributed by atoms with Crippen LogP contribution in [0.25, 0.3) is 0 Å². The minimum atomic E-state index is -0.410. The molecule has 0 spiro atoms. The average molecular weight is 275 g/mol. The monoisotopic (exact) mass is 275 g/mol. The summed E-state index contributed by atoms with van der Waals surface area (Å²) in [6.45, 7) is 1.97. The number of aryl methyl sites for hydroxylation is 1. The van der Waals surface area contributed by atoms with E-state index in [1.165, 1.54) is 17.8 Å². The van der Waals surface area contributed by atoms with Crippen molar-refractivity contribution in [3.05, 3.63) is 52.1 Å². The Kier molecular flexibility index (Phi) is 4.01. The molecule has 1 aromatic heterocycles. The zero-order valence-electron chi connectivity index (χ0n) is 10.6. The van der Waals surface area contributed by atoms with Gasteiger partial charge in [0.25, 0.3) is 0 Å². The molecule has 0 saturated heterocycles. The summed E-state index contributed by atoms with van der Waals surface area (Å²) in [5.41, 5.74) is 1.09. The summed E-state index contributed by atoms with van der Waals surface area (Å²) in [6.07, 6.45) is 0. The molecule has 2 rings (SSSR count). The maximum absolute atomic E-state index is 11.0. The van der Waals surface area contributed by atoms with Crippen LogP contribution in [0.5, 0.6) is 0 Å². The lowest BCUT2D eigenvalue weighted by Gasteiger charge is -2.06. The molecule has 19 heavy (non-hydrogen) atoms. The first-order chi connectivity index (χ1) is 9.11. The number of anilines is 1. The lowest BCUT2D eigenvalue weighted by molar-refractivity contribution is -0.388. The Morgan fingerprint density at radius 3 is 2.63 bits per heavy atom. The zero-order valence-corrected chi connectivity index (χ0v) is 11.4. The Morgan fingerprint density at radius 2 is 2.00 bits per heavy atom. The molecule has 0 unspecified atom stereocenters. The third-order valence-electron chi connectivity index (χ3n) is 2.59. The van der Waals surface area contributed by atoms with Gasteiger partial charge in [-0.25, -0.2) is 4.98 Å². The van der Waals surface area contributed by atoms with Crippen LogP contribution in [0.1, 0.15) is 5.56 Å². The molecule has 6 heteroatoms. The molecular weight excluding hydrogens is 262 g/mol. The molecule has 5 nitrogen and oxygen atoms in total. The molecule has 0 radical (unpaired) electrons. The molecule has 98 valence electrons. The summed E-state index contributed by atoms with van der Waals surface area (Å²) < 4.78 is 0. The number of hydrogen-bond acceptors (Lipinski definition) is 5. The summed E-state index contributed by atoms with van der Waals surface area (Å²) >= 11 is 1.31. The Labute approximate surface area is 115 Å². The molecule has 0 atom stereocenters. The molecule has 1 N–H and O–H groups in total. The molecule has 1 heterocycles. The number of rotatable bonds is 4. The maximum atomic E-state index is 11.0. The smallest absolute Gasteiger partial charge is 0.301 e. The summed E-state index contributed by atoms with van der Waals surface area (Å²) in [7, 11) is 1.73. The molecule has 0 aliphatic rings. The molecule has 2 aromatic rings. The Bertz CT molecular complexity index is 617. The minimum absolute atomic E-state index is 0.0206. The fraction of sp³-hybridized carbons (Fsp3) is 0.154. The first-order valence-corrected chi connectivity index (χ1v) is 6.50. The standard InChI is InChI=1S/C13H13N3O2S/c1-9-5-3-4-6-11(9)19-13-10(16(17)18)7-8-12(14-2)15-13/h3-8H,1-2H3,(H,14,15). The van der Waals surface area contributed by atoms with Crippen LogP contribution in [-0.2, 0) is 0 Å². The molecule has 0 aliphatic heterocycles. The van der Waals surface area contributed by atoms with Crippen molar-refractivity contribution in [2.75, 3.05) is 12.4 Å². The van der Waals surface area contributed by atoms with Crippen molar-refractivity contribution in [2.45, 2.75) is 16.8 Å². The lowest BCUT2D eigenvalue weighted by Crippen LogP contribution is -1.98. The van der Waals surface area contributed by atoms with Gasteiger partial charge in [-0.2, -0.15) is 0 Å². The van der Waals surface area contributed by atoms with E-state index < -0.39 is 4.92 Å². The van der Waals surface area contributed by atoms with Crippen LogP contribution in [0.15, 0.2) is 46.3 Å². The highest BCUT2D eigenvalue weighted by Gasteiger charge is 2.17. The number of pyridine rings is 1. The second-order valence-corrected chi connectivity index (χ2v) is 4.93. The van der Waals surface area contributed by atoms with Crippen molar-refractivity contribution in [3.63, 3.8) is 0 Å². The summed E-state index contributed by atoms with van der Waals surface area (Å²) in [4.78, 5) is 15.8. The third kappa shape index (κ3) is 3.03. The Morgan fingerprint density at radius 1 is 1.26 bits per heavy atom. The Hall–Kier alpha value is -2.08. The van der Waals surface area contributed by atoms with Gasteiger partial charge in [-0.1, -0.05) is 30.0 Å². The van der Waals surface area contributed by atoms with Gasteiger partial charge in [-0.3, -0.25) is 10.1 Å². The van der Waals surface area contributed by atoms with Gasteiger partial charge in [-0.15, -0.1) is 0 Å². The van der Waals surface area contributed by atoms with Gasteiger partial charge in [0.2, 0.25) is 0 Å². The van der Waals surface area contributed by atoms with Gasteiger partial charge in [0, 0.05) is 18.0 Å². The molecule has 0 saturated carbocycles. The van der Waals surface area contributed by atoms with Crippen molar-refractivity contribution < 1.29 is 4.92 Å². The number of aromatic nitrogens is 1. The summed E-state index contributed by atoms with van der Waals surface area (Å²) in [6, 6.07) is 10.8. The normalized spacial score (nSPS) is 10.2. The quantitative estimate of drug-likeness (QED) is 0.683. The van der Waals surface area contributed by atoms with Crippen molar-refractivity contribution in [1.82, 2.24) is 4.98 Å². The highest BCUT2D eigenvalue weighted by atomic mass is 32.2. The summed E-state index contributed by atoms with van der Waals surface area (Å²) in [5, 5.41) is 14.3. The van der Waals surface area contributed by atoms with E-state index in [1.54, 1.807) is 13.1 Å². The van der Waals surface area contributed by atoms with Crippen molar-refractivity contribution in [1.29, 1.82) is 0 Å². The zero-order chi connectivity index (χ0) is 13.8. The van der Waals surface area contributed by atoms with Gasteiger partial charge >= 0.3 is 5.69 Å². The molecular formula is C13H13N3O2S. The second kappa shape index (κ2) is 5.71. The lowest BCUT2D eigenvalue weighted by atomic mass is 10.2. The van der Waals surface area contributed by atoms with E-state index in [0.29, 0.717) is 10.8 Å². The van der Waals surface area contributed by atoms with Gasteiger partial charge < -0.3 is 5.32 Å². The van der Waals surface area contributed by atoms with E-state index in [2.05, 4.69) is 10.3 Å². The van der Waals surface area contributed by atoms with E-state index in [9.17, 15) is 10.1 Å². The SMILES string of the molecule is CNc1ccc([N+](=O)[O-])c(Sc2ccccc2C)n1. The van der Waals surface area contributed by atoms with Gasteiger partial charge in [0.05, 0.1) is 4.92 Å². The second-order valence-electron chi connectivity index (χ2n) is 3.90. The predicted molar refractivity (Wildman–Crippen MR) is 75.7 cm³/mol. The Balaban J connectivity index is 2.43. The van der Waals surface area contributed by atoms with E-state index >= 15 is 0 Å². The first-order valence-electron chi connectivity index (χ1n) is 5.68. The average Bonchev–Trinajstić information content (AvgIpc) is 2.41. The molecule has 0 fully saturated rings. The van der Waals surface area contributed by atoms with Crippen molar-refractivity contribution >= 4 is 23.3 Å². The van der Waals surface area contributed by atoms with E-state index in [1.807, 2.05) is 31.2 Å². The number of nitrogens with zero attached hydrogens (tertiary/aromatic N) is 2. The van der Waals surface area contributed by atoms with Crippen LogP contribution in [-0.4, -0.2) is 17.0 Å². The minimum Gasteiger partial charge on any atom is -0.373 e. The van der Waals surface area contributed by atoms with E-state index in [0.717, 1.165) is 10.5 Å². The summed E-state index contributed by atoms with van der Waals surface area (Å²) in [5.74, 6) is 0.613. The van der Waals surface area contributed by atoms with Crippen LogP contribution in [0.3, 0.4) is 0 Å². The van der Waals surface area contributed by atoms with E-state index in [4.69, 9.17) is 0 Å². The predicted octanol–water partition coefficient (Wildman–Crippen LogP) is 3.49. The van der Waals surface area contributed by atoms with Crippen molar-refractivity contribution in [2.24, 2.45) is 0 Å². The molecule has 0 amide bonds. The van der Waals surface area contributed by atoms with E-state index in [-0.39, 0.29) is 5.69 Å². The number of benzene rings is 1. The van der Waals surface area contributed by atoms with Gasteiger partial charge in [-0.05, 0) is 24.6 Å². The van der Waals surface area contributed by atoms with Crippen LogP contribution < -0.4 is 5.32 Å². The van der Waals surface area contributed by atoms with Gasteiger partial charge in [0.15, 0.2) is 5.03 Å². The van der Waals surface area contributed by atoms with Gasteiger partial charge in [0.1, 0.15) is 5.82 Å². The fourth-order valence-corrected chi connectivity index (χ4v) is 2.54. The molecule has 0 aliphatic carbocycles. The fourth-order valence-electron chi connectivity index (χ4n) is 1.56. The number of nitro groups is 1. The highest BCUT2D eigenvalue weighted by Crippen LogP contribution is 2.35. The number of hydrogen-bond donors (Lipinski definition) is 1. The van der Waals surface area contributed by atoms with Crippen molar-refractivity contribution in [3.8, 4) is 0 Å². The number of nitrogens with one attached hydrogen (secondary N) is 1. The molecule has 0 bridgehead atoms. The van der Waals surface area contributed by atoms with Crippen LogP contribution in [0, 0.1) is 17.0 Å².